The fourth-order valence-electron chi connectivity index (χ4n) is 1.71. The van der Waals surface area contributed by atoms with E-state index in [1.165, 1.54) is 21.6 Å². The molecule has 10 heteroatoms. The molecule has 26 heavy (non-hydrogen) atoms. The van der Waals surface area contributed by atoms with Crippen molar-refractivity contribution in [2.75, 3.05) is 24.6 Å². The van der Waals surface area contributed by atoms with E-state index in [9.17, 15) is 19.2 Å². The number of amides is 6. The fourth-order valence-corrected chi connectivity index (χ4v) is 3.45. The molecule has 150 valence electrons. The summed E-state index contributed by atoms with van der Waals surface area (Å²) in [7, 11) is 2.69. The minimum absolute atomic E-state index is 0.144. The van der Waals surface area contributed by atoms with Gasteiger partial charge in [-0.3, -0.25) is 20.2 Å². The van der Waals surface area contributed by atoms with Crippen LogP contribution in [0.25, 0.3) is 0 Å². The van der Waals surface area contributed by atoms with Crippen LogP contribution in [0.4, 0.5) is 9.59 Å². The molecule has 0 heterocycles. The maximum Gasteiger partial charge on any atom is 0.321 e. The van der Waals surface area contributed by atoms with E-state index in [4.69, 9.17) is 0 Å². The lowest BCUT2D eigenvalue weighted by Gasteiger charge is -2.07. The minimum Gasteiger partial charge on any atom is -0.338 e. The van der Waals surface area contributed by atoms with Crippen LogP contribution in [0.2, 0.25) is 0 Å². The highest BCUT2D eigenvalue weighted by Gasteiger charge is 2.08. The van der Waals surface area contributed by atoms with E-state index >= 15 is 0 Å². The van der Waals surface area contributed by atoms with Crippen molar-refractivity contribution in [1.29, 1.82) is 0 Å². The Labute approximate surface area is 163 Å². The average Bonchev–Trinajstić information content (AvgIpc) is 2.55. The Hall–Kier alpha value is -1.42. The van der Waals surface area contributed by atoms with Crippen molar-refractivity contribution in [1.82, 2.24) is 21.3 Å². The van der Waals surface area contributed by atoms with Crippen molar-refractivity contribution in [2.45, 2.75) is 46.5 Å². The molecule has 0 fully saturated rings. The van der Waals surface area contributed by atoms with Crippen molar-refractivity contribution in [3.05, 3.63) is 0 Å². The molecule has 8 nitrogen and oxygen atoms in total. The predicted octanol–water partition coefficient (Wildman–Crippen LogP) is 2.26. The van der Waals surface area contributed by atoms with Crippen LogP contribution >= 0.6 is 21.6 Å². The Morgan fingerprint density at radius 2 is 1.50 bits per heavy atom. The first kappa shape index (κ1) is 24.6. The minimum atomic E-state index is -0.504. The molecule has 0 spiro atoms. The molecule has 6 amide bonds. The summed E-state index contributed by atoms with van der Waals surface area (Å²) in [5, 5.41) is 9.65. The third kappa shape index (κ3) is 16.1. The first-order chi connectivity index (χ1) is 12.3. The second-order valence-corrected chi connectivity index (χ2v) is 8.56. The molecular formula is C16H30N4O4S2. The van der Waals surface area contributed by atoms with E-state index in [-0.39, 0.29) is 17.6 Å². The van der Waals surface area contributed by atoms with Crippen LogP contribution < -0.4 is 21.3 Å². The molecule has 0 rings (SSSR count). The molecule has 0 aromatic heterocycles. The largest absolute Gasteiger partial charge is 0.338 e. The Morgan fingerprint density at radius 1 is 0.885 bits per heavy atom. The molecule has 0 unspecified atom stereocenters. The van der Waals surface area contributed by atoms with Gasteiger partial charge in [-0.05, 0) is 18.8 Å². The molecule has 0 bridgehead atoms. The van der Waals surface area contributed by atoms with Gasteiger partial charge in [0.05, 0.1) is 5.75 Å². The summed E-state index contributed by atoms with van der Waals surface area (Å²) in [6.07, 6.45) is 2.87. The third-order valence-electron chi connectivity index (χ3n) is 2.97. The van der Waals surface area contributed by atoms with Gasteiger partial charge in [0, 0.05) is 25.3 Å². The number of carbonyl (C=O) groups is 4. The second kappa shape index (κ2) is 15.8. The lowest BCUT2D eigenvalue weighted by Crippen LogP contribution is -2.40. The summed E-state index contributed by atoms with van der Waals surface area (Å²) in [5.74, 6) is 0.621. The molecular weight excluding hydrogens is 376 g/mol. The summed E-state index contributed by atoms with van der Waals surface area (Å²) in [4.78, 5) is 45.8. The lowest BCUT2D eigenvalue weighted by molar-refractivity contribution is -0.120. The van der Waals surface area contributed by atoms with Gasteiger partial charge in [-0.15, -0.1) is 0 Å². The SMILES string of the molecule is CCCNC(=O)NC(=O)CSSCCNC(=O)NC(=O)CCCC(C)C. The highest BCUT2D eigenvalue weighted by atomic mass is 33.1. The number of hydrogen-bond acceptors (Lipinski definition) is 6. The summed E-state index contributed by atoms with van der Waals surface area (Å²) in [6, 6.07) is -0.991. The van der Waals surface area contributed by atoms with Crippen LogP contribution in [-0.2, 0) is 9.59 Å². The first-order valence-electron chi connectivity index (χ1n) is 8.74. The van der Waals surface area contributed by atoms with Gasteiger partial charge in [0.25, 0.3) is 0 Å². The molecule has 0 saturated heterocycles. The average molecular weight is 407 g/mol. The van der Waals surface area contributed by atoms with E-state index in [2.05, 4.69) is 35.1 Å². The Bertz CT molecular complexity index is 462. The van der Waals surface area contributed by atoms with Crippen LogP contribution in [0.3, 0.4) is 0 Å². The molecule has 0 saturated carbocycles. The number of imide groups is 2. The standard InChI is InChI=1S/C16H30N4O4S2/c1-4-8-17-15(23)20-14(22)11-26-25-10-9-18-16(24)19-13(21)7-5-6-12(2)3/h12H,4-11H2,1-3H3,(H2,17,20,22,23)(H2,18,19,21,24). The molecule has 0 aromatic carbocycles. The number of rotatable bonds is 12. The van der Waals surface area contributed by atoms with Crippen molar-refractivity contribution in [3.8, 4) is 0 Å². The highest BCUT2D eigenvalue weighted by molar-refractivity contribution is 8.76. The summed E-state index contributed by atoms with van der Waals surface area (Å²) in [5.41, 5.74) is 0. The molecule has 0 aliphatic rings. The van der Waals surface area contributed by atoms with Gasteiger partial charge in [-0.1, -0.05) is 48.8 Å². The number of hydrogen-bond donors (Lipinski definition) is 4. The maximum atomic E-state index is 11.5. The summed E-state index contributed by atoms with van der Waals surface area (Å²) in [6.45, 7) is 7.00. The first-order valence-corrected chi connectivity index (χ1v) is 11.2. The quantitative estimate of drug-likeness (QED) is 0.292. The van der Waals surface area contributed by atoms with Crippen molar-refractivity contribution >= 4 is 45.5 Å². The van der Waals surface area contributed by atoms with Gasteiger partial charge in [0.1, 0.15) is 0 Å². The van der Waals surface area contributed by atoms with Crippen molar-refractivity contribution in [3.63, 3.8) is 0 Å². The van der Waals surface area contributed by atoms with Gasteiger partial charge >= 0.3 is 12.1 Å². The molecule has 0 aliphatic carbocycles. The van der Waals surface area contributed by atoms with Crippen molar-refractivity contribution in [2.24, 2.45) is 5.92 Å². The number of nitrogens with one attached hydrogen (secondary N) is 4. The zero-order valence-electron chi connectivity index (χ0n) is 15.7. The van der Waals surface area contributed by atoms with Crippen LogP contribution in [-0.4, -0.2) is 48.5 Å². The number of carbonyl (C=O) groups excluding carboxylic acids is 4. The summed E-state index contributed by atoms with van der Waals surface area (Å²) < 4.78 is 0. The van der Waals surface area contributed by atoms with Gasteiger partial charge in [0.15, 0.2) is 0 Å². The fraction of sp³-hybridized carbons (Fsp3) is 0.750. The van der Waals surface area contributed by atoms with Crippen LogP contribution in [0.1, 0.15) is 46.5 Å². The normalized spacial score (nSPS) is 10.3. The zero-order chi connectivity index (χ0) is 19.8. The Morgan fingerprint density at radius 3 is 2.12 bits per heavy atom. The van der Waals surface area contributed by atoms with Gasteiger partial charge in [0.2, 0.25) is 11.8 Å². The summed E-state index contributed by atoms with van der Waals surface area (Å²) >= 11 is 0. The number of urea groups is 2. The monoisotopic (exact) mass is 406 g/mol. The van der Waals surface area contributed by atoms with Crippen LogP contribution in [0.5, 0.6) is 0 Å². The Kier molecular flexibility index (Phi) is 14.9. The van der Waals surface area contributed by atoms with E-state index in [1.807, 2.05) is 6.92 Å². The van der Waals surface area contributed by atoms with Gasteiger partial charge in [-0.25, -0.2) is 9.59 Å². The van der Waals surface area contributed by atoms with Crippen LogP contribution in [0, 0.1) is 5.92 Å². The van der Waals surface area contributed by atoms with E-state index in [0.717, 1.165) is 19.3 Å². The molecule has 4 N–H and O–H groups in total. The molecule has 0 aromatic rings. The van der Waals surface area contributed by atoms with E-state index in [1.54, 1.807) is 0 Å². The Balaban J connectivity index is 3.59. The predicted molar refractivity (Wildman–Crippen MR) is 107 cm³/mol. The van der Waals surface area contributed by atoms with Gasteiger partial charge < -0.3 is 10.6 Å². The van der Waals surface area contributed by atoms with Crippen molar-refractivity contribution < 1.29 is 19.2 Å². The second-order valence-electron chi connectivity index (χ2n) is 5.98. The van der Waals surface area contributed by atoms with Gasteiger partial charge in [-0.2, -0.15) is 0 Å². The smallest absolute Gasteiger partial charge is 0.321 e. The van der Waals surface area contributed by atoms with Crippen LogP contribution in [0.15, 0.2) is 0 Å². The lowest BCUT2D eigenvalue weighted by atomic mass is 10.1. The molecule has 0 aliphatic heterocycles. The molecule has 0 radical (unpaired) electrons. The zero-order valence-corrected chi connectivity index (χ0v) is 17.3. The maximum absolute atomic E-state index is 11.5. The topological polar surface area (TPSA) is 116 Å². The third-order valence-corrected chi connectivity index (χ3v) is 5.24. The van der Waals surface area contributed by atoms with E-state index < -0.39 is 12.1 Å². The molecule has 0 atom stereocenters. The van der Waals surface area contributed by atoms with E-state index in [0.29, 0.717) is 31.2 Å². The highest BCUT2D eigenvalue weighted by Crippen LogP contribution is 2.19.